The number of alkyl halides is 2. The Hall–Kier alpha value is -0.235. The van der Waals surface area contributed by atoms with Gasteiger partial charge in [0.15, 0.2) is 7.85 Å². The van der Waals surface area contributed by atoms with E-state index < -0.39 is 16.5 Å². The van der Waals surface area contributed by atoms with Gasteiger partial charge in [0.05, 0.1) is 5.76 Å². The molecule has 1 aliphatic carbocycles. The second-order valence-corrected chi connectivity index (χ2v) is 5.55. The van der Waals surface area contributed by atoms with Gasteiger partial charge in [-0.3, -0.25) is 0 Å². The fraction of sp³-hybridized carbons (Fsp3) is 0.556. The minimum atomic E-state index is -2.03. The molecule has 0 N–H and O–H groups in total. The molecule has 0 amide bonds. The summed E-state index contributed by atoms with van der Waals surface area (Å²) in [6.07, 6.45) is 1.56. The Morgan fingerprint density at radius 2 is 1.94 bits per heavy atom. The number of allylic oxidation sites excluding steroid dienone is 2. The van der Waals surface area contributed by atoms with Crippen molar-refractivity contribution in [2.75, 3.05) is 6.61 Å². The third-order valence-electron chi connectivity index (χ3n) is 3.72. The van der Waals surface area contributed by atoms with E-state index in [9.17, 15) is 8.78 Å². The molecule has 0 saturated heterocycles. The van der Waals surface area contributed by atoms with Crippen molar-refractivity contribution in [3.8, 4) is 0 Å². The fourth-order valence-corrected chi connectivity index (χ4v) is 2.72. The van der Waals surface area contributed by atoms with Crippen molar-refractivity contribution >= 4 is 32.8 Å². The molecule has 0 heterocycles. The molecule has 0 aromatic carbocycles. The largest absolute Gasteiger partial charge is 0.494 e. The van der Waals surface area contributed by atoms with Gasteiger partial charge in [0.1, 0.15) is 33.5 Å². The highest BCUT2D eigenvalue weighted by atomic mass is 31.0. The predicted molar refractivity (Wildman–Crippen MR) is 74.6 cm³/mol. The van der Waals surface area contributed by atoms with Crippen LogP contribution in [0.5, 0.6) is 0 Å². The summed E-state index contributed by atoms with van der Waals surface area (Å²) < 4.78 is 34.4. The zero-order chi connectivity index (χ0) is 12.8. The van der Waals surface area contributed by atoms with Gasteiger partial charge in [-0.2, -0.15) is 0 Å². The first-order chi connectivity index (χ1) is 7.10. The van der Waals surface area contributed by atoms with Crippen LogP contribution in [-0.4, -0.2) is 41.4 Å². The van der Waals surface area contributed by atoms with E-state index in [1.54, 1.807) is 21.8 Å². The minimum Gasteiger partial charge on any atom is -0.494 e. The Balaban J connectivity index is 3.24. The van der Waals surface area contributed by atoms with Crippen molar-refractivity contribution in [1.29, 1.82) is 0 Å². The standard InChI is InChI=1S/C9H16B3F2OP/c1-3-4-15-5-6(16)9(12,14)7(2,13)8(5,10)11/h3H,1,4,10-12,16H2,2H3. The van der Waals surface area contributed by atoms with Crippen LogP contribution in [0.2, 0.25) is 5.21 Å². The van der Waals surface area contributed by atoms with Gasteiger partial charge in [-0.15, -0.1) is 9.24 Å². The Morgan fingerprint density at radius 3 is 2.25 bits per heavy atom. The van der Waals surface area contributed by atoms with Crippen molar-refractivity contribution in [2.45, 2.75) is 23.4 Å². The lowest BCUT2D eigenvalue weighted by Gasteiger charge is -2.38. The number of rotatable bonds is 3. The predicted octanol–water partition coefficient (Wildman–Crippen LogP) is -0.301. The molecule has 0 fully saturated rings. The van der Waals surface area contributed by atoms with E-state index in [0.717, 1.165) is 0 Å². The van der Waals surface area contributed by atoms with Gasteiger partial charge in [0, 0.05) is 10.5 Å². The molecule has 1 rings (SSSR count). The molecule has 0 aromatic rings. The van der Waals surface area contributed by atoms with Gasteiger partial charge >= 0.3 is 0 Å². The number of halogens is 2. The second kappa shape index (κ2) is 3.91. The monoisotopic (exact) mass is 242 g/mol. The molecule has 1 nitrogen and oxygen atoms in total. The summed E-state index contributed by atoms with van der Waals surface area (Å²) in [6, 6.07) is 0. The van der Waals surface area contributed by atoms with Crippen LogP contribution in [0, 0.1) is 0 Å². The molecule has 0 aromatic heterocycles. The SMILES string of the molecule is BC1(B)C(OCC=C)=C(P)C(B)(F)C1(C)F. The zero-order valence-electron chi connectivity index (χ0n) is 10.2. The van der Waals surface area contributed by atoms with Crippen molar-refractivity contribution in [3.63, 3.8) is 0 Å². The summed E-state index contributed by atoms with van der Waals surface area (Å²) in [5.41, 5.74) is -4.02. The first-order valence-corrected chi connectivity index (χ1v) is 5.80. The fourth-order valence-electron chi connectivity index (χ4n) is 2.00. The highest BCUT2D eigenvalue weighted by Crippen LogP contribution is 2.61. The number of ether oxygens (including phenoxy) is 1. The highest BCUT2D eigenvalue weighted by Gasteiger charge is 2.64. The van der Waals surface area contributed by atoms with Gasteiger partial charge in [-0.1, -0.05) is 12.7 Å². The van der Waals surface area contributed by atoms with Crippen molar-refractivity contribution in [3.05, 3.63) is 23.7 Å². The first-order valence-electron chi connectivity index (χ1n) is 5.23. The Kier molecular flexibility index (Phi) is 3.38. The summed E-state index contributed by atoms with van der Waals surface area (Å²) in [5.74, 6) is 0.368. The van der Waals surface area contributed by atoms with Crippen molar-refractivity contribution < 1.29 is 13.5 Å². The summed E-state index contributed by atoms with van der Waals surface area (Å²) in [4.78, 5) is 0. The van der Waals surface area contributed by atoms with E-state index in [-0.39, 0.29) is 11.9 Å². The lowest BCUT2D eigenvalue weighted by molar-refractivity contribution is 0.0616. The maximum Gasteiger partial charge on any atom is 0.160 e. The maximum absolute atomic E-state index is 14.6. The van der Waals surface area contributed by atoms with Gasteiger partial charge in [-0.05, 0) is 6.92 Å². The molecule has 1 aliphatic rings. The third-order valence-corrected chi connectivity index (χ3v) is 4.52. The molecule has 16 heavy (non-hydrogen) atoms. The molecule has 86 valence electrons. The van der Waals surface area contributed by atoms with Crippen LogP contribution in [0.1, 0.15) is 6.92 Å². The maximum atomic E-state index is 14.6. The van der Waals surface area contributed by atoms with E-state index in [0.29, 0.717) is 5.76 Å². The molecule has 0 bridgehead atoms. The summed E-state index contributed by atoms with van der Waals surface area (Å²) in [5, 5.41) is -0.735. The van der Waals surface area contributed by atoms with Crippen LogP contribution in [0.4, 0.5) is 8.78 Å². The molecular formula is C9H16B3F2OP. The summed E-state index contributed by atoms with van der Waals surface area (Å²) in [6.45, 7) is 5.06. The van der Waals surface area contributed by atoms with Crippen molar-refractivity contribution in [2.24, 2.45) is 0 Å². The van der Waals surface area contributed by atoms with E-state index >= 15 is 0 Å². The van der Waals surface area contributed by atoms with Crippen LogP contribution in [-0.2, 0) is 4.74 Å². The summed E-state index contributed by atoms with van der Waals surface area (Å²) >= 11 is 0. The lowest BCUT2D eigenvalue weighted by atomic mass is 9.45. The van der Waals surface area contributed by atoms with Crippen LogP contribution in [0.3, 0.4) is 0 Å². The Morgan fingerprint density at radius 1 is 1.44 bits per heavy atom. The molecule has 0 saturated carbocycles. The molecule has 3 unspecified atom stereocenters. The first kappa shape index (κ1) is 13.8. The third kappa shape index (κ3) is 1.57. The van der Waals surface area contributed by atoms with Crippen LogP contribution < -0.4 is 0 Å². The molecule has 0 radical (unpaired) electrons. The van der Waals surface area contributed by atoms with E-state index in [2.05, 4.69) is 15.8 Å². The van der Waals surface area contributed by atoms with Crippen LogP contribution in [0.25, 0.3) is 0 Å². The molecular weight excluding hydrogens is 226 g/mol. The van der Waals surface area contributed by atoms with Crippen molar-refractivity contribution in [1.82, 2.24) is 0 Å². The summed E-state index contributed by atoms with van der Waals surface area (Å²) in [7, 11) is 6.82. The van der Waals surface area contributed by atoms with Crippen LogP contribution >= 0.6 is 9.24 Å². The van der Waals surface area contributed by atoms with Gasteiger partial charge in [0.25, 0.3) is 0 Å². The average molecular weight is 242 g/mol. The smallest absolute Gasteiger partial charge is 0.160 e. The highest BCUT2D eigenvalue weighted by molar-refractivity contribution is 7.23. The van der Waals surface area contributed by atoms with Gasteiger partial charge < -0.3 is 4.74 Å². The lowest BCUT2D eigenvalue weighted by Crippen LogP contribution is -2.50. The average Bonchev–Trinajstić information content (AvgIpc) is 2.23. The molecule has 0 spiro atoms. The molecule has 7 heteroatoms. The van der Waals surface area contributed by atoms with Crippen LogP contribution in [0.15, 0.2) is 23.7 Å². The number of hydrogen-bond acceptors (Lipinski definition) is 1. The quantitative estimate of drug-likeness (QED) is 0.375. The second-order valence-electron chi connectivity index (χ2n) is 4.97. The molecule has 0 aliphatic heterocycles. The Labute approximate surface area is 101 Å². The van der Waals surface area contributed by atoms with E-state index in [1.807, 2.05) is 0 Å². The van der Waals surface area contributed by atoms with E-state index in [4.69, 9.17) is 4.74 Å². The molecule has 3 atom stereocenters. The normalized spacial score (nSPS) is 37.5. The van der Waals surface area contributed by atoms with E-state index in [1.165, 1.54) is 14.8 Å². The minimum absolute atomic E-state index is 0.253. The van der Waals surface area contributed by atoms with Gasteiger partial charge in [0.2, 0.25) is 0 Å². The topological polar surface area (TPSA) is 9.23 Å². The Bertz CT molecular complexity index is 353. The number of hydrogen-bond donors (Lipinski definition) is 0. The zero-order valence-corrected chi connectivity index (χ0v) is 11.4. The van der Waals surface area contributed by atoms with Gasteiger partial charge in [-0.25, -0.2) is 8.78 Å².